The predicted octanol–water partition coefficient (Wildman–Crippen LogP) is 2.38. The molecule has 1 aliphatic rings. The van der Waals surface area contributed by atoms with E-state index >= 15 is 0 Å². The van der Waals surface area contributed by atoms with Crippen molar-refractivity contribution in [3.63, 3.8) is 0 Å². The Bertz CT molecular complexity index is 731. The zero-order chi connectivity index (χ0) is 14.8. The third-order valence-electron chi connectivity index (χ3n) is 3.26. The highest BCUT2D eigenvalue weighted by atomic mass is 79.9. The number of rotatable bonds is 2. The van der Waals surface area contributed by atoms with Gasteiger partial charge in [-0.1, -0.05) is 6.07 Å². The van der Waals surface area contributed by atoms with Crippen LogP contribution in [0.3, 0.4) is 0 Å². The van der Waals surface area contributed by atoms with E-state index in [4.69, 9.17) is 0 Å². The van der Waals surface area contributed by atoms with Crippen molar-refractivity contribution in [1.82, 2.24) is 10.3 Å². The van der Waals surface area contributed by atoms with Gasteiger partial charge in [0.05, 0.1) is 5.56 Å². The Kier molecular flexibility index (Phi) is 3.70. The van der Waals surface area contributed by atoms with Crippen LogP contribution in [0.15, 0.2) is 41.1 Å². The summed E-state index contributed by atoms with van der Waals surface area (Å²) in [5, 5.41) is 5.57. The largest absolute Gasteiger partial charge is 0.352 e. The van der Waals surface area contributed by atoms with E-state index in [0.717, 1.165) is 16.5 Å². The van der Waals surface area contributed by atoms with Crippen LogP contribution in [0.1, 0.15) is 26.3 Å². The van der Waals surface area contributed by atoms with Gasteiger partial charge >= 0.3 is 0 Å². The first-order valence-electron chi connectivity index (χ1n) is 6.46. The fourth-order valence-electron chi connectivity index (χ4n) is 2.23. The van der Waals surface area contributed by atoms with E-state index < -0.39 is 0 Å². The van der Waals surface area contributed by atoms with Gasteiger partial charge in [0.15, 0.2) is 0 Å². The number of hydrogen-bond donors (Lipinski definition) is 2. The van der Waals surface area contributed by atoms with E-state index in [0.29, 0.717) is 23.4 Å². The molecule has 2 amide bonds. The minimum Gasteiger partial charge on any atom is -0.352 e. The first kappa shape index (κ1) is 13.8. The van der Waals surface area contributed by atoms with Gasteiger partial charge in [0.2, 0.25) is 0 Å². The molecule has 0 saturated carbocycles. The number of aromatic nitrogens is 1. The van der Waals surface area contributed by atoms with E-state index in [1.54, 1.807) is 24.4 Å². The molecule has 1 aromatic carbocycles. The lowest BCUT2D eigenvalue weighted by Crippen LogP contribution is -2.31. The SMILES string of the molecule is O=C(Nc1ccc2c(c1)C(=O)NCC2)c1cncc(Br)c1. The average molecular weight is 346 g/mol. The fraction of sp³-hybridized carbons (Fsp3) is 0.133. The maximum atomic E-state index is 12.1. The van der Waals surface area contributed by atoms with Crippen molar-refractivity contribution in [2.24, 2.45) is 0 Å². The van der Waals surface area contributed by atoms with Crippen LogP contribution in [0.2, 0.25) is 0 Å². The van der Waals surface area contributed by atoms with Gasteiger partial charge in [-0.3, -0.25) is 14.6 Å². The number of halogens is 1. The number of amides is 2. The third kappa shape index (κ3) is 2.95. The highest BCUT2D eigenvalue weighted by molar-refractivity contribution is 9.10. The van der Waals surface area contributed by atoms with E-state index in [1.165, 1.54) is 6.20 Å². The third-order valence-corrected chi connectivity index (χ3v) is 3.69. The summed E-state index contributed by atoms with van der Waals surface area (Å²) in [4.78, 5) is 27.9. The first-order valence-corrected chi connectivity index (χ1v) is 7.26. The zero-order valence-electron chi connectivity index (χ0n) is 11.0. The molecule has 0 fully saturated rings. The molecule has 0 aliphatic carbocycles. The monoisotopic (exact) mass is 345 g/mol. The van der Waals surface area contributed by atoms with Gasteiger partial charge < -0.3 is 10.6 Å². The van der Waals surface area contributed by atoms with Gasteiger partial charge in [-0.2, -0.15) is 0 Å². The molecule has 1 aliphatic heterocycles. The van der Waals surface area contributed by atoms with Gasteiger partial charge in [0.25, 0.3) is 11.8 Å². The van der Waals surface area contributed by atoms with Crippen LogP contribution >= 0.6 is 15.9 Å². The molecule has 1 aromatic heterocycles. The molecule has 106 valence electrons. The first-order chi connectivity index (χ1) is 10.1. The summed E-state index contributed by atoms with van der Waals surface area (Å²) in [6, 6.07) is 7.07. The second kappa shape index (κ2) is 5.65. The maximum Gasteiger partial charge on any atom is 0.257 e. The lowest BCUT2D eigenvalue weighted by Gasteiger charge is -2.17. The highest BCUT2D eigenvalue weighted by Crippen LogP contribution is 2.20. The Hall–Kier alpha value is -2.21. The van der Waals surface area contributed by atoms with Gasteiger partial charge in [-0.05, 0) is 46.1 Å². The summed E-state index contributed by atoms with van der Waals surface area (Å²) >= 11 is 3.28. The number of nitrogens with zero attached hydrogens (tertiary/aromatic N) is 1. The molecule has 0 spiro atoms. The molecule has 0 bridgehead atoms. The maximum absolute atomic E-state index is 12.1. The van der Waals surface area contributed by atoms with E-state index in [-0.39, 0.29) is 11.8 Å². The quantitative estimate of drug-likeness (QED) is 0.877. The van der Waals surface area contributed by atoms with Gasteiger partial charge in [-0.15, -0.1) is 0 Å². The van der Waals surface area contributed by atoms with Crippen molar-refractivity contribution in [1.29, 1.82) is 0 Å². The Labute approximate surface area is 129 Å². The minimum atomic E-state index is -0.264. The van der Waals surface area contributed by atoms with Crippen LogP contribution < -0.4 is 10.6 Å². The average Bonchev–Trinajstić information content (AvgIpc) is 2.48. The van der Waals surface area contributed by atoms with Crippen LogP contribution in [0.4, 0.5) is 5.69 Å². The minimum absolute atomic E-state index is 0.100. The van der Waals surface area contributed by atoms with Gasteiger partial charge in [-0.25, -0.2) is 0 Å². The molecule has 5 nitrogen and oxygen atoms in total. The Morgan fingerprint density at radius 3 is 2.95 bits per heavy atom. The number of anilines is 1. The molecule has 6 heteroatoms. The number of nitrogens with one attached hydrogen (secondary N) is 2. The van der Waals surface area contributed by atoms with Gasteiger partial charge in [0.1, 0.15) is 0 Å². The lowest BCUT2D eigenvalue weighted by atomic mass is 10.00. The van der Waals surface area contributed by atoms with E-state index in [1.807, 2.05) is 6.07 Å². The topological polar surface area (TPSA) is 71.1 Å². The fourth-order valence-corrected chi connectivity index (χ4v) is 2.59. The van der Waals surface area contributed by atoms with Crippen molar-refractivity contribution < 1.29 is 9.59 Å². The molecule has 2 aromatic rings. The Morgan fingerprint density at radius 1 is 1.29 bits per heavy atom. The summed E-state index contributed by atoms with van der Waals surface area (Å²) in [5.74, 6) is -0.364. The lowest BCUT2D eigenvalue weighted by molar-refractivity contribution is 0.0944. The van der Waals surface area contributed by atoms with Crippen LogP contribution in [0.25, 0.3) is 0 Å². The smallest absolute Gasteiger partial charge is 0.257 e. The van der Waals surface area contributed by atoms with Crippen LogP contribution in [0.5, 0.6) is 0 Å². The zero-order valence-corrected chi connectivity index (χ0v) is 12.6. The highest BCUT2D eigenvalue weighted by Gasteiger charge is 2.17. The summed E-state index contributed by atoms with van der Waals surface area (Å²) in [5.41, 5.74) is 2.66. The summed E-state index contributed by atoms with van der Waals surface area (Å²) in [7, 11) is 0. The second-order valence-corrected chi connectivity index (χ2v) is 5.64. The number of hydrogen-bond acceptors (Lipinski definition) is 3. The molecule has 3 rings (SSSR count). The van der Waals surface area contributed by atoms with Crippen molar-refractivity contribution >= 4 is 33.4 Å². The number of fused-ring (bicyclic) bond motifs is 1. The van der Waals surface area contributed by atoms with Crippen LogP contribution in [-0.2, 0) is 6.42 Å². The van der Waals surface area contributed by atoms with E-state index in [2.05, 4.69) is 31.5 Å². The van der Waals surface area contributed by atoms with Gasteiger partial charge in [0, 0.05) is 34.7 Å². The molecular weight excluding hydrogens is 334 g/mol. The number of benzene rings is 1. The Balaban J connectivity index is 1.84. The van der Waals surface area contributed by atoms with Crippen molar-refractivity contribution in [3.05, 3.63) is 57.8 Å². The molecule has 0 radical (unpaired) electrons. The molecule has 0 atom stereocenters. The molecule has 21 heavy (non-hydrogen) atoms. The number of carbonyl (C=O) groups excluding carboxylic acids is 2. The standard InChI is InChI=1S/C15H12BrN3O2/c16-11-5-10(7-17-8-11)14(20)19-12-2-1-9-3-4-18-15(21)13(9)6-12/h1-2,5-8H,3-4H2,(H,18,21)(H,19,20). The molecule has 0 saturated heterocycles. The summed E-state index contributed by atoms with van der Waals surface area (Å²) in [6.07, 6.45) is 3.91. The normalized spacial score (nSPS) is 13.3. The molecular formula is C15H12BrN3O2. The van der Waals surface area contributed by atoms with Crippen LogP contribution in [0, 0.1) is 0 Å². The Morgan fingerprint density at radius 2 is 2.14 bits per heavy atom. The molecule has 2 N–H and O–H groups in total. The van der Waals surface area contributed by atoms with Crippen molar-refractivity contribution in [3.8, 4) is 0 Å². The summed E-state index contributed by atoms with van der Waals surface area (Å²) in [6.45, 7) is 0.654. The van der Waals surface area contributed by atoms with Crippen LogP contribution in [-0.4, -0.2) is 23.3 Å². The number of carbonyl (C=O) groups is 2. The number of pyridine rings is 1. The molecule has 0 unspecified atom stereocenters. The van der Waals surface area contributed by atoms with Crippen molar-refractivity contribution in [2.75, 3.05) is 11.9 Å². The second-order valence-electron chi connectivity index (χ2n) is 4.72. The molecule has 2 heterocycles. The van der Waals surface area contributed by atoms with Crippen molar-refractivity contribution in [2.45, 2.75) is 6.42 Å². The van der Waals surface area contributed by atoms with E-state index in [9.17, 15) is 9.59 Å². The predicted molar refractivity (Wildman–Crippen MR) is 82.4 cm³/mol. The summed E-state index contributed by atoms with van der Waals surface area (Å²) < 4.78 is 0.736.